The first-order valence-electron chi connectivity index (χ1n) is 11.3. The van der Waals surface area contributed by atoms with Crippen molar-refractivity contribution in [2.75, 3.05) is 5.32 Å². The smallest absolute Gasteiger partial charge is 0.126 e. The maximum absolute atomic E-state index is 14.0. The molecule has 170 valence electrons. The summed E-state index contributed by atoms with van der Waals surface area (Å²) in [7, 11) is 0. The zero-order chi connectivity index (χ0) is 23.8. The van der Waals surface area contributed by atoms with Gasteiger partial charge in [-0.15, -0.1) is 11.3 Å². The van der Waals surface area contributed by atoms with Gasteiger partial charge in [0, 0.05) is 35.5 Å². The van der Waals surface area contributed by atoms with Crippen LogP contribution >= 0.6 is 11.3 Å². The zero-order valence-electron chi connectivity index (χ0n) is 19.0. The quantitative estimate of drug-likeness (QED) is 0.278. The van der Waals surface area contributed by atoms with E-state index < -0.39 is 0 Å². The fourth-order valence-corrected chi connectivity index (χ4v) is 5.08. The van der Waals surface area contributed by atoms with E-state index in [1.165, 1.54) is 17.0 Å². The van der Waals surface area contributed by atoms with E-state index in [-0.39, 0.29) is 5.82 Å². The number of aryl methyl sites for hydroxylation is 1. The lowest BCUT2D eigenvalue weighted by atomic mass is 9.97. The molecule has 0 amide bonds. The third-order valence-electron chi connectivity index (χ3n) is 6.22. The summed E-state index contributed by atoms with van der Waals surface area (Å²) in [6.45, 7) is 2.43. The molecule has 4 nitrogen and oxygen atoms in total. The van der Waals surface area contributed by atoms with E-state index >= 15 is 0 Å². The van der Waals surface area contributed by atoms with Crippen molar-refractivity contribution in [1.82, 2.24) is 15.0 Å². The molecule has 0 radical (unpaired) electrons. The van der Waals surface area contributed by atoms with Gasteiger partial charge in [-0.1, -0.05) is 24.3 Å². The summed E-state index contributed by atoms with van der Waals surface area (Å²) in [5.41, 5.74) is 9.27. The number of rotatable bonds is 5. The Hall–Kier alpha value is -4.16. The van der Waals surface area contributed by atoms with Gasteiger partial charge in [-0.25, -0.2) is 9.37 Å². The van der Waals surface area contributed by atoms with Crippen molar-refractivity contribution in [1.29, 1.82) is 0 Å². The van der Waals surface area contributed by atoms with Crippen LogP contribution in [0.3, 0.4) is 0 Å². The summed E-state index contributed by atoms with van der Waals surface area (Å²) < 4.78 is 15.1. The second-order valence-electron chi connectivity index (χ2n) is 8.49. The molecule has 6 heteroatoms. The van der Waals surface area contributed by atoms with Crippen LogP contribution in [0.15, 0.2) is 90.8 Å². The number of fused-ring (bicyclic) bond motifs is 2. The Balaban J connectivity index is 1.41. The Morgan fingerprint density at radius 2 is 1.83 bits per heavy atom. The Morgan fingerprint density at radius 1 is 0.914 bits per heavy atom. The van der Waals surface area contributed by atoms with E-state index in [1.54, 1.807) is 24.3 Å². The number of halogens is 1. The number of hydrogen-bond donors (Lipinski definition) is 1. The maximum atomic E-state index is 14.0. The number of anilines is 1. The summed E-state index contributed by atoms with van der Waals surface area (Å²) in [5.74, 6) is -0.218. The van der Waals surface area contributed by atoms with Crippen LogP contribution in [0.5, 0.6) is 0 Å². The van der Waals surface area contributed by atoms with E-state index in [0.717, 1.165) is 43.7 Å². The van der Waals surface area contributed by atoms with E-state index in [9.17, 15) is 4.39 Å². The number of aromatic nitrogens is 3. The van der Waals surface area contributed by atoms with E-state index in [1.807, 2.05) is 42.3 Å². The Morgan fingerprint density at radius 3 is 2.74 bits per heavy atom. The second kappa shape index (κ2) is 8.89. The minimum absolute atomic E-state index is 0.218. The molecule has 3 heterocycles. The van der Waals surface area contributed by atoms with Crippen LogP contribution in [0, 0.1) is 12.7 Å². The average Bonchev–Trinajstić information content (AvgIpc) is 3.37. The summed E-state index contributed by atoms with van der Waals surface area (Å²) in [6, 6.07) is 21.8. The minimum atomic E-state index is -0.218. The van der Waals surface area contributed by atoms with Gasteiger partial charge in [0.25, 0.3) is 0 Å². The third-order valence-corrected chi connectivity index (χ3v) is 7.01. The molecule has 0 unspecified atom stereocenters. The van der Waals surface area contributed by atoms with E-state index in [0.29, 0.717) is 12.1 Å². The minimum Gasteiger partial charge on any atom is -0.380 e. The van der Waals surface area contributed by atoms with Crippen LogP contribution < -0.4 is 5.32 Å². The molecular formula is C29H21FN4S. The first-order valence-corrected chi connectivity index (χ1v) is 12.2. The van der Waals surface area contributed by atoms with Gasteiger partial charge in [-0.2, -0.15) is 0 Å². The maximum Gasteiger partial charge on any atom is 0.126 e. The summed E-state index contributed by atoms with van der Waals surface area (Å²) in [6.07, 6.45) is 5.55. The van der Waals surface area contributed by atoms with Gasteiger partial charge < -0.3 is 5.32 Å². The van der Waals surface area contributed by atoms with Crippen LogP contribution in [0.4, 0.5) is 10.1 Å². The van der Waals surface area contributed by atoms with Gasteiger partial charge in [0.15, 0.2) is 0 Å². The van der Waals surface area contributed by atoms with Crippen molar-refractivity contribution < 1.29 is 4.39 Å². The highest BCUT2D eigenvalue weighted by atomic mass is 32.1. The van der Waals surface area contributed by atoms with Crippen LogP contribution in [0.1, 0.15) is 11.1 Å². The molecule has 3 aromatic carbocycles. The fraction of sp³-hybridized carbons (Fsp3) is 0.0690. The molecule has 0 atom stereocenters. The lowest BCUT2D eigenvalue weighted by molar-refractivity contribution is 0.619. The molecule has 0 aliphatic heterocycles. The molecule has 35 heavy (non-hydrogen) atoms. The predicted octanol–water partition coefficient (Wildman–Crippen LogP) is 7.63. The van der Waals surface area contributed by atoms with E-state index in [4.69, 9.17) is 4.98 Å². The molecular weight excluding hydrogens is 455 g/mol. The molecule has 0 saturated heterocycles. The van der Waals surface area contributed by atoms with Gasteiger partial charge in [-0.3, -0.25) is 9.97 Å². The van der Waals surface area contributed by atoms with Gasteiger partial charge >= 0.3 is 0 Å². The largest absolute Gasteiger partial charge is 0.380 e. The molecule has 6 rings (SSSR count). The topological polar surface area (TPSA) is 50.7 Å². The Bertz CT molecular complexity index is 1690. The number of benzene rings is 3. The van der Waals surface area contributed by atoms with Crippen molar-refractivity contribution in [2.24, 2.45) is 0 Å². The van der Waals surface area contributed by atoms with Crippen LogP contribution in [0.25, 0.3) is 43.4 Å². The molecule has 0 aliphatic carbocycles. The SMILES string of the molecule is Cc1cc(-c2ncc(NCc3cccc4cnccc34)cc2-c2ccc3ncsc3c2)ccc1F. The highest BCUT2D eigenvalue weighted by Gasteiger charge is 2.13. The summed E-state index contributed by atoms with van der Waals surface area (Å²) >= 11 is 1.61. The van der Waals surface area contributed by atoms with Crippen LogP contribution in [-0.2, 0) is 6.54 Å². The first-order chi connectivity index (χ1) is 17.2. The highest BCUT2D eigenvalue weighted by molar-refractivity contribution is 7.16. The molecule has 1 N–H and O–H groups in total. The zero-order valence-corrected chi connectivity index (χ0v) is 19.8. The summed E-state index contributed by atoms with van der Waals surface area (Å²) in [5, 5.41) is 5.84. The van der Waals surface area contributed by atoms with Crippen LogP contribution in [0.2, 0.25) is 0 Å². The molecule has 0 spiro atoms. The number of nitrogens with one attached hydrogen (secondary N) is 1. The number of thiazole rings is 1. The van der Waals surface area contributed by atoms with Gasteiger partial charge in [0.1, 0.15) is 5.82 Å². The molecule has 0 fully saturated rings. The van der Waals surface area contributed by atoms with Gasteiger partial charge in [0.2, 0.25) is 0 Å². The third kappa shape index (κ3) is 4.13. The normalized spacial score (nSPS) is 11.3. The van der Waals surface area contributed by atoms with Crippen LogP contribution in [-0.4, -0.2) is 15.0 Å². The molecule has 6 aromatic rings. The second-order valence-corrected chi connectivity index (χ2v) is 9.37. The van der Waals surface area contributed by atoms with Crippen molar-refractivity contribution in [3.8, 4) is 22.4 Å². The average molecular weight is 477 g/mol. The first kappa shape index (κ1) is 21.4. The predicted molar refractivity (Wildman–Crippen MR) is 142 cm³/mol. The molecule has 0 bridgehead atoms. The molecule has 3 aromatic heterocycles. The number of nitrogens with zero attached hydrogens (tertiary/aromatic N) is 3. The van der Waals surface area contributed by atoms with Gasteiger partial charge in [0.05, 0.1) is 33.3 Å². The van der Waals surface area contributed by atoms with Gasteiger partial charge in [-0.05, 0) is 71.5 Å². The molecule has 0 saturated carbocycles. The van der Waals surface area contributed by atoms with Crippen molar-refractivity contribution in [3.63, 3.8) is 0 Å². The lowest BCUT2D eigenvalue weighted by Crippen LogP contribution is -2.02. The van der Waals surface area contributed by atoms with Crippen molar-refractivity contribution in [2.45, 2.75) is 13.5 Å². The lowest BCUT2D eigenvalue weighted by Gasteiger charge is -2.14. The monoisotopic (exact) mass is 476 g/mol. The standard InChI is InChI=1S/C29H21FN4S/c1-18-11-20(5-7-26(18)30)29-25(19-6-8-27-28(12-19)35-17-34-27)13-23(16-33-29)32-15-22-4-2-3-21-14-31-10-9-24(21)22/h2-14,16-17,32H,15H2,1H3. The highest BCUT2D eigenvalue weighted by Crippen LogP contribution is 2.35. The van der Waals surface area contributed by atoms with Crippen molar-refractivity contribution in [3.05, 3.63) is 108 Å². The summed E-state index contributed by atoms with van der Waals surface area (Å²) in [4.78, 5) is 13.5. The number of pyridine rings is 2. The molecule has 0 aliphatic rings. The van der Waals surface area contributed by atoms with E-state index in [2.05, 4.69) is 51.7 Å². The van der Waals surface area contributed by atoms with Crippen molar-refractivity contribution >= 4 is 38.0 Å². The fourth-order valence-electron chi connectivity index (χ4n) is 4.37. The number of hydrogen-bond acceptors (Lipinski definition) is 5. The Labute approximate surface area is 206 Å². The Kier molecular flexibility index (Phi) is 5.43.